The Morgan fingerprint density at radius 2 is 1.87 bits per heavy atom. The molecule has 31 heavy (non-hydrogen) atoms. The van der Waals surface area contributed by atoms with Gasteiger partial charge in [-0.05, 0) is 82.2 Å². The summed E-state index contributed by atoms with van der Waals surface area (Å²) in [5.74, 6) is 0.0268. The van der Waals surface area contributed by atoms with Gasteiger partial charge >= 0.3 is 0 Å². The van der Waals surface area contributed by atoms with Crippen molar-refractivity contribution in [3.8, 4) is 0 Å². The first-order valence-electron chi connectivity index (χ1n) is 11.5. The summed E-state index contributed by atoms with van der Waals surface area (Å²) in [7, 11) is 0. The SMILES string of the molecule is CC(C)(N)CCC1CCN(Cc2ccc3c(c2)C(=O)N(C2CCC(=O)NC2=O)C3)CC1. The summed E-state index contributed by atoms with van der Waals surface area (Å²) < 4.78 is 0. The Kier molecular flexibility index (Phi) is 6.17. The molecule has 2 saturated heterocycles. The Hall–Kier alpha value is -2.25. The first-order valence-corrected chi connectivity index (χ1v) is 11.5. The number of hydrogen-bond donors (Lipinski definition) is 2. The fourth-order valence-corrected chi connectivity index (χ4v) is 4.97. The summed E-state index contributed by atoms with van der Waals surface area (Å²) in [6.07, 6.45) is 5.33. The molecule has 3 amide bonds. The molecule has 3 heterocycles. The van der Waals surface area contributed by atoms with Crippen LogP contribution in [0.3, 0.4) is 0 Å². The third-order valence-corrected chi connectivity index (χ3v) is 6.90. The van der Waals surface area contributed by atoms with Crippen molar-refractivity contribution in [3.05, 3.63) is 34.9 Å². The molecule has 2 fully saturated rings. The highest BCUT2D eigenvalue weighted by Gasteiger charge is 2.39. The van der Waals surface area contributed by atoms with E-state index in [1.165, 1.54) is 19.3 Å². The van der Waals surface area contributed by atoms with Crippen molar-refractivity contribution in [1.82, 2.24) is 15.1 Å². The van der Waals surface area contributed by atoms with Crippen molar-refractivity contribution in [2.75, 3.05) is 13.1 Å². The Labute approximate surface area is 184 Å². The maximum absolute atomic E-state index is 13.0. The highest BCUT2D eigenvalue weighted by atomic mass is 16.2. The summed E-state index contributed by atoms with van der Waals surface area (Å²) in [5, 5.41) is 2.35. The first kappa shape index (κ1) is 22.0. The number of carbonyl (C=O) groups is 3. The molecule has 1 unspecified atom stereocenters. The molecule has 4 rings (SSSR count). The molecular formula is C24H34N4O3. The van der Waals surface area contributed by atoms with Gasteiger partial charge in [-0.2, -0.15) is 0 Å². The van der Waals surface area contributed by atoms with Gasteiger partial charge in [-0.15, -0.1) is 0 Å². The summed E-state index contributed by atoms with van der Waals surface area (Å²) in [6.45, 7) is 7.61. The van der Waals surface area contributed by atoms with Gasteiger partial charge in [0.25, 0.3) is 5.91 Å². The highest BCUT2D eigenvalue weighted by molar-refractivity contribution is 6.05. The van der Waals surface area contributed by atoms with Crippen LogP contribution in [-0.4, -0.2) is 52.2 Å². The summed E-state index contributed by atoms with van der Waals surface area (Å²) in [5.41, 5.74) is 8.84. The van der Waals surface area contributed by atoms with Gasteiger partial charge in [0.1, 0.15) is 6.04 Å². The van der Waals surface area contributed by atoms with E-state index in [1.54, 1.807) is 4.90 Å². The molecule has 7 nitrogen and oxygen atoms in total. The third kappa shape index (κ3) is 5.15. The van der Waals surface area contributed by atoms with E-state index < -0.39 is 6.04 Å². The van der Waals surface area contributed by atoms with Crippen molar-refractivity contribution in [3.63, 3.8) is 0 Å². The number of fused-ring (bicyclic) bond motifs is 1. The van der Waals surface area contributed by atoms with E-state index in [1.807, 2.05) is 12.1 Å². The zero-order valence-corrected chi connectivity index (χ0v) is 18.7. The van der Waals surface area contributed by atoms with Crippen molar-refractivity contribution in [2.45, 2.75) is 77.0 Å². The van der Waals surface area contributed by atoms with Crippen LogP contribution >= 0.6 is 0 Å². The van der Waals surface area contributed by atoms with E-state index in [-0.39, 0.29) is 29.7 Å². The van der Waals surface area contributed by atoms with Crippen LogP contribution in [0.1, 0.15) is 73.9 Å². The number of likely N-dealkylation sites (tertiary alicyclic amines) is 1. The number of nitrogens with zero attached hydrogens (tertiary/aromatic N) is 2. The molecule has 0 radical (unpaired) electrons. The van der Waals surface area contributed by atoms with Gasteiger partial charge in [-0.3, -0.25) is 24.6 Å². The van der Waals surface area contributed by atoms with E-state index >= 15 is 0 Å². The lowest BCUT2D eigenvalue weighted by molar-refractivity contribution is -0.136. The van der Waals surface area contributed by atoms with E-state index in [0.29, 0.717) is 18.5 Å². The second-order valence-corrected chi connectivity index (χ2v) is 10.1. The van der Waals surface area contributed by atoms with Crippen LogP contribution in [0.15, 0.2) is 18.2 Å². The van der Waals surface area contributed by atoms with Crippen molar-refractivity contribution in [2.24, 2.45) is 11.7 Å². The number of hydrogen-bond acceptors (Lipinski definition) is 5. The van der Waals surface area contributed by atoms with Gasteiger partial charge in [0.15, 0.2) is 0 Å². The van der Waals surface area contributed by atoms with Crippen LogP contribution in [-0.2, 0) is 22.7 Å². The number of imide groups is 1. The molecule has 1 aromatic carbocycles. The van der Waals surface area contributed by atoms with Crippen LogP contribution in [0.2, 0.25) is 0 Å². The lowest BCUT2D eigenvalue weighted by atomic mass is 9.87. The Morgan fingerprint density at radius 1 is 1.13 bits per heavy atom. The largest absolute Gasteiger partial charge is 0.326 e. The minimum Gasteiger partial charge on any atom is -0.326 e. The molecular weight excluding hydrogens is 392 g/mol. The molecule has 3 aliphatic heterocycles. The molecule has 0 saturated carbocycles. The molecule has 3 aliphatic rings. The summed E-state index contributed by atoms with van der Waals surface area (Å²) in [4.78, 5) is 40.7. The molecule has 0 bridgehead atoms. The standard InChI is InChI=1S/C24H34N4O3/c1-24(2,25)10-7-16-8-11-27(12-9-16)14-17-3-4-18-15-28(23(31)19(18)13-17)20-5-6-21(29)26-22(20)30/h3-4,13,16,20H,5-12,14-15,25H2,1-2H3,(H,26,29,30). The second-order valence-electron chi connectivity index (χ2n) is 10.1. The van der Waals surface area contributed by atoms with Crippen LogP contribution in [0.5, 0.6) is 0 Å². The Bertz CT molecular complexity index is 868. The molecule has 7 heteroatoms. The summed E-state index contributed by atoms with van der Waals surface area (Å²) in [6, 6.07) is 5.55. The molecule has 3 N–H and O–H groups in total. The van der Waals surface area contributed by atoms with Crippen molar-refractivity contribution < 1.29 is 14.4 Å². The van der Waals surface area contributed by atoms with Gasteiger partial charge in [-0.1, -0.05) is 12.1 Å². The minimum atomic E-state index is -0.557. The lowest BCUT2D eigenvalue weighted by Gasteiger charge is -2.33. The number of carbonyl (C=O) groups excluding carboxylic acids is 3. The molecule has 1 aromatic rings. The maximum atomic E-state index is 13.0. The number of nitrogens with two attached hydrogens (primary N) is 1. The second kappa shape index (κ2) is 8.71. The zero-order valence-electron chi connectivity index (χ0n) is 18.7. The fraction of sp³-hybridized carbons (Fsp3) is 0.625. The molecule has 1 atom stereocenters. The number of nitrogens with one attached hydrogen (secondary N) is 1. The summed E-state index contributed by atoms with van der Waals surface area (Å²) >= 11 is 0. The van der Waals surface area contributed by atoms with Crippen molar-refractivity contribution >= 4 is 17.7 Å². The molecule has 0 aliphatic carbocycles. The van der Waals surface area contributed by atoms with E-state index in [0.717, 1.165) is 43.1 Å². The average molecular weight is 427 g/mol. The lowest BCUT2D eigenvalue weighted by Crippen LogP contribution is -2.52. The van der Waals surface area contributed by atoms with Crippen LogP contribution < -0.4 is 11.1 Å². The third-order valence-electron chi connectivity index (χ3n) is 6.90. The molecule has 0 spiro atoms. The predicted octanol–water partition coefficient (Wildman–Crippen LogP) is 2.18. The number of piperidine rings is 2. The average Bonchev–Trinajstić information content (AvgIpc) is 3.03. The van der Waals surface area contributed by atoms with Crippen LogP contribution in [0.4, 0.5) is 0 Å². The van der Waals surface area contributed by atoms with Gasteiger partial charge in [0, 0.05) is 30.6 Å². The van der Waals surface area contributed by atoms with Gasteiger partial charge in [-0.25, -0.2) is 0 Å². The molecule has 0 aromatic heterocycles. The number of benzene rings is 1. The Balaban J connectivity index is 1.33. The quantitative estimate of drug-likeness (QED) is 0.680. The maximum Gasteiger partial charge on any atom is 0.255 e. The number of amides is 3. The minimum absolute atomic E-state index is 0.0875. The van der Waals surface area contributed by atoms with Gasteiger partial charge in [0.05, 0.1) is 0 Å². The van der Waals surface area contributed by atoms with Crippen LogP contribution in [0.25, 0.3) is 0 Å². The van der Waals surface area contributed by atoms with Gasteiger partial charge in [0.2, 0.25) is 11.8 Å². The smallest absolute Gasteiger partial charge is 0.255 e. The van der Waals surface area contributed by atoms with E-state index in [4.69, 9.17) is 5.73 Å². The zero-order chi connectivity index (χ0) is 22.2. The van der Waals surface area contributed by atoms with E-state index in [9.17, 15) is 14.4 Å². The monoisotopic (exact) mass is 426 g/mol. The first-order chi connectivity index (χ1) is 14.7. The van der Waals surface area contributed by atoms with Crippen molar-refractivity contribution in [1.29, 1.82) is 0 Å². The predicted molar refractivity (Wildman–Crippen MR) is 118 cm³/mol. The topological polar surface area (TPSA) is 95.7 Å². The van der Waals surface area contributed by atoms with Crippen LogP contribution in [0, 0.1) is 5.92 Å². The van der Waals surface area contributed by atoms with Gasteiger partial charge < -0.3 is 10.6 Å². The Morgan fingerprint density at radius 3 is 2.55 bits per heavy atom. The normalized spacial score (nSPS) is 23.3. The van der Waals surface area contributed by atoms with E-state index in [2.05, 4.69) is 30.1 Å². The molecule has 168 valence electrons. The number of rotatable bonds is 6. The highest BCUT2D eigenvalue weighted by Crippen LogP contribution is 2.30. The fourth-order valence-electron chi connectivity index (χ4n) is 4.97.